The Morgan fingerprint density at radius 3 is 2.81 bits per heavy atom. The molecule has 7 nitrogen and oxygen atoms in total. The molecule has 1 amide bonds. The van der Waals surface area contributed by atoms with Crippen LogP contribution < -0.4 is 5.32 Å². The molecule has 2 atom stereocenters. The molecule has 0 saturated carbocycles. The zero-order chi connectivity index (χ0) is 21.2. The van der Waals surface area contributed by atoms with Crippen molar-refractivity contribution in [3.63, 3.8) is 0 Å². The summed E-state index contributed by atoms with van der Waals surface area (Å²) in [7, 11) is 0. The van der Waals surface area contributed by atoms with Gasteiger partial charge in [-0.05, 0) is 43.2 Å². The fourth-order valence-corrected chi connectivity index (χ4v) is 3.90. The van der Waals surface area contributed by atoms with Gasteiger partial charge in [-0.25, -0.2) is 4.68 Å². The van der Waals surface area contributed by atoms with Crippen LogP contribution in [0.4, 0.5) is 5.69 Å². The minimum atomic E-state index is -0.305. The van der Waals surface area contributed by atoms with Gasteiger partial charge in [0.2, 0.25) is 0 Å². The van der Waals surface area contributed by atoms with Gasteiger partial charge < -0.3 is 14.5 Å². The minimum Gasteiger partial charge on any atom is -0.459 e. The summed E-state index contributed by atoms with van der Waals surface area (Å²) in [6.07, 6.45) is 2.79. The first kappa shape index (κ1) is 19.1. The molecule has 31 heavy (non-hydrogen) atoms. The average molecular weight is 412 g/mol. The number of para-hydroxylation sites is 1. The summed E-state index contributed by atoms with van der Waals surface area (Å²) in [5.41, 5.74) is 3.33. The molecule has 0 aliphatic carbocycles. The number of furan rings is 1. The zero-order valence-electron chi connectivity index (χ0n) is 16.7. The van der Waals surface area contributed by atoms with Crippen LogP contribution in [0, 0.1) is 17.2 Å². The Morgan fingerprint density at radius 1 is 1.13 bits per heavy atom. The van der Waals surface area contributed by atoms with E-state index < -0.39 is 0 Å². The van der Waals surface area contributed by atoms with Crippen molar-refractivity contribution < 1.29 is 13.9 Å². The number of nitrogens with one attached hydrogen (secondary N) is 1. The Balaban J connectivity index is 1.48. The molecule has 1 aliphatic heterocycles. The van der Waals surface area contributed by atoms with E-state index in [9.17, 15) is 4.79 Å². The van der Waals surface area contributed by atoms with E-state index in [4.69, 9.17) is 19.5 Å². The summed E-state index contributed by atoms with van der Waals surface area (Å²) in [6.45, 7) is 0.416. The maximum Gasteiger partial charge on any atom is 0.291 e. The van der Waals surface area contributed by atoms with Crippen molar-refractivity contribution in [2.75, 3.05) is 11.9 Å². The third-order valence-electron chi connectivity index (χ3n) is 5.46. The van der Waals surface area contributed by atoms with Crippen molar-refractivity contribution in [2.45, 2.75) is 19.1 Å². The van der Waals surface area contributed by atoms with Gasteiger partial charge in [-0.15, -0.1) is 0 Å². The Labute approximate surface area is 178 Å². The fourth-order valence-electron chi connectivity index (χ4n) is 3.90. The number of aromatic nitrogens is 2. The number of rotatable bonds is 4. The molecule has 1 aliphatic rings. The van der Waals surface area contributed by atoms with E-state index >= 15 is 0 Å². The highest BCUT2D eigenvalue weighted by Gasteiger charge is 2.25. The lowest BCUT2D eigenvalue weighted by Crippen LogP contribution is -2.24. The van der Waals surface area contributed by atoms with Crippen molar-refractivity contribution in [3.05, 3.63) is 72.7 Å². The Hall–Kier alpha value is -3.89. The van der Waals surface area contributed by atoms with Crippen LogP contribution >= 0.6 is 0 Å². The summed E-state index contributed by atoms with van der Waals surface area (Å²) < 4.78 is 13.0. The molecule has 0 bridgehead atoms. The second kappa shape index (κ2) is 8.09. The summed E-state index contributed by atoms with van der Waals surface area (Å²) in [4.78, 5) is 12.3. The highest BCUT2D eigenvalue weighted by molar-refractivity contribution is 6.03. The van der Waals surface area contributed by atoms with Crippen LogP contribution in [0.5, 0.6) is 0 Å². The molecule has 154 valence electrons. The van der Waals surface area contributed by atoms with Crippen LogP contribution in [0.2, 0.25) is 0 Å². The number of nitrogens with zero attached hydrogens (tertiary/aromatic N) is 3. The fraction of sp³-hybridized carbons (Fsp3) is 0.208. The first-order valence-corrected chi connectivity index (χ1v) is 10.2. The van der Waals surface area contributed by atoms with E-state index in [-0.39, 0.29) is 23.8 Å². The molecule has 4 aromatic rings. The van der Waals surface area contributed by atoms with Gasteiger partial charge in [0, 0.05) is 16.6 Å². The van der Waals surface area contributed by atoms with E-state index in [1.165, 1.54) is 6.26 Å². The number of ether oxygens (including phenoxy) is 1. The van der Waals surface area contributed by atoms with Crippen LogP contribution in [0.15, 0.2) is 71.3 Å². The van der Waals surface area contributed by atoms with Gasteiger partial charge in [-0.2, -0.15) is 10.4 Å². The molecule has 0 spiro atoms. The largest absolute Gasteiger partial charge is 0.459 e. The molecule has 5 rings (SSSR count). The summed E-state index contributed by atoms with van der Waals surface area (Å²) >= 11 is 0. The van der Waals surface area contributed by atoms with Gasteiger partial charge in [0.05, 0.1) is 30.4 Å². The third kappa shape index (κ3) is 3.69. The number of carbonyl (C=O) groups is 1. The van der Waals surface area contributed by atoms with Crippen molar-refractivity contribution in [1.29, 1.82) is 5.26 Å². The lowest BCUT2D eigenvalue weighted by atomic mass is 10.0. The normalized spacial score (nSPS) is 18.5. The molecule has 2 aromatic carbocycles. The quantitative estimate of drug-likeness (QED) is 0.509. The maximum atomic E-state index is 12.3. The zero-order valence-corrected chi connectivity index (χ0v) is 16.7. The number of nitriles is 1. The van der Waals surface area contributed by atoms with Crippen LogP contribution in [0.25, 0.3) is 22.2 Å². The summed E-state index contributed by atoms with van der Waals surface area (Å²) in [5, 5.41) is 17.9. The Morgan fingerprint density at radius 2 is 2.03 bits per heavy atom. The number of benzene rings is 2. The first-order valence-electron chi connectivity index (χ1n) is 10.2. The molecule has 2 aromatic heterocycles. The van der Waals surface area contributed by atoms with Crippen LogP contribution in [-0.4, -0.2) is 22.3 Å². The number of carbonyl (C=O) groups excluding carboxylic acids is 1. The van der Waals surface area contributed by atoms with Gasteiger partial charge in [0.25, 0.3) is 5.91 Å². The molecule has 1 saturated heterocycles. The van der Waals surface area contributed by atoms with Crippen molar-refractivity contribution in [3.8, 4) is 17.3 Å². The van der Waals surface area contributed by atoms with Crippen molar-refractivity contribution in [2.24, 2.45) is 5.92 Å². The van der Waals surface area contributed by atoms with E-state index in [2.05, 4.69) is 11.4 Å². The Bertz CT molecular complexity index is 1260. The molecular formula is C24H20N4O3. The lowest BCUT2D eigenvalue weighted by Gasteiger charge is -2.26. The predicted octanol–water partition coefficient (Wildman–Crippen LogP) is 5.00. The van der Waals surface area contributed by atoms with Gasteiger partial charge in [0.1, 0.15) is 5.69 Å². The third-order valence-corrected chi connectivity index (χ3v) is 5.46. The highest BCUT2D eigenvalue weighted by atomic mass is 16.5. The Kier molecular flexibility index (Phi) is 4.98. The first-order chi connectivity index (χ1) is 15.2. The highest BCUT2D eigenvalue weighted by Crippen LogP contribution is 2.34. The van der Waals surface area contributed by atoms with E-state index in [1.807, 2.05) is 53.2 Å². The minimum absolute atomic E-state index is 0.0630. The lowest BCUT2D eigenvalue weighted by molar-refractivity contribution is -0.0515. The van der Waals surface area contributed by atoms with Gasteiger partial charge >= 0.3 is 0 Å². The number of hydrogen-bond donors (Lipinski definition) is 1. The number of amides is 1. The molecule has 2 unspecified atom stereocenters. The molecule has 3 heterocycles. The van der Waals surface area contributed by atoms with Crippen molar-refractivity contribution >= 4 is 22.5 Å². The van der Waals surface area contributed by atoms with Crippen LogP contribution in [-0.2, 0) is 4.74 Å². The van der Waals surface area contributed by atoms with Gasteiger partial charge in [0.15, 0.2) is 12.0 Å². The monoisotopic (exact) mass is 412 g/mol. The number of fused-ring (bicyclic) bond motifs is 1. The second-order valence-electron chi connectivity index (χ2n) is 7.51. The molecular weight excluding hydrogens is 392 g/mol. The summed E-state index contributed by atoms with van der Waals surface area (Å²) in [5.74, 6) is -0.113. The van der Waals surface area contributed by atoms with E-state index in [0.29, 0.717) is 12.3 Å². The SMILES string of the molecule is N#CC1CCC(n2nc(-c3cccc(NC(=O)c4ccco4)c3)c3ccccc32)OC1. The molecule has 7 heteroatoms. The average Bonchev–Trinajstić information content (AvgIpc) is 3.48. The number of hydrogen-bond acceptors (Lipinski definition) is 5. The van der Waals surface area contributed by atoms with E-state index in [1.54, 1.807) is 12.1 Å². The predicted molar refractivity (Wildman–Crippen MR) is 115 cm³/mol. The maximum absolute atomic E-state index is 12.3. The molecule has 1 N–H and O–H groups in total. The molecule has 1 fully saturated rings. The van der Waals surface area contributed by atoms with Gasteiger partial charge in [-0.1, -0.05) is 30.3 Å². The number of anilines is 1. The standard InChI is InChI=1S/C24H20N4O3/c25-14-16-10-11-22(31-15-16)28-20-8-2-1-7-19(20)23(27-28)17-5-3-6-18(13-17)26-24(29)21-9-4-12-30-21/h1-9,12-13,16,22H,10-11,15H2,(H,26,29). The summed E-state index contributed by atoms with van der Waals surface area (Å²) in [6, 6.07) is 21.2. The smallest absolute Gasteiger partial charge is 0.291 e. The topological polar surface area (TPSA) is 93.1 Å². The second-order valence-corrected chi connectivity index (χ2v) is 7.51. The van der Waals surface area contributed by atoms with Crippen LogP contribution in [0.1, 0.15) is 29.6 Å². The molecule has 0 radical (unpaired) electrons. The van der Waals surface area contributed by atoms with Crippen molar-refractivity contribution in [1.82, 2.24) is 9.78 Å². The van der Waals surface area contributed by atoms with Crippen LogP contribution in [0.3, 0.4) is 0 Å². The van der Waals surface area contributed by atoms with Gasteiger partial charge in [-0.3, -0.25) is 4.79 Å². The van der Waals surface area contributed by atoms with E-state index in [0.717, 1.165) is 35.0 Å².